The van der Waals surface area contributed by atoms with Crippen molar-refractivity contribution in [1.29, 1.82) is 0 Å². The number of urea groups is 1. The van der Waals surface area contributed by atoms with E-state index in [0.717, 1.165) is 31.9 Å². The molecule has 1 saturated heterocycles. The van der Waals surface area contributed by atoms with Crippen molar-refractivity contribution in [3.05, 3.63) is 29.8 Å². The molecule has 1 fully saturated rings. The van der Waals surface area contributed by atoms with Gasteiger partial charge in [0.05, 0.1) is 6.54 Å². The highest BCUT2D eigenvalue weighted by Gasteiger charge is 2.18. The Morgan fingerprint density at radius 1 is 1.23 bits per heavy atom. The van der Waals surface area contributed by atoms with Crippen LogP contribution in [-0.4, -0.2) is 62.2 Å². The van der Waals surface area contributed by atoms with E-state index in [-0.39, 0.29) is 6.03 Å². The Morgan fingerprint density at radius 2 is 1.91 bits per heavy atom. The average Bonchev–Trinajstić information content (AvgIpc) is 2.52. The first-order chi connectivity index (χ1) is 10.6. The van der Waals surface area contributed by atoms with Gasteiger partial charge < -0.3 is 19.9 Å². The van der Waals surface area contributed by atoms with Gasteiger partial charge in [-0.15, -0.1) is 0 Å². The summed E-state index contributed by atoms with van der Waals surface area (Å²) in [5.41, 5.74) is 1.20. The number of nitrogens with one attached hydrogen (secondary N) is 1. The van der Waals surface area contributed by atoms with Crippen molar-refractivity contribution in [2.24, 2.45) is 0 Å². The Balaban J connectivity index is 1.72. The number of carbonyl (C=O) groups excluding carboxylic acids is 1. The summed E-state index contributed by atoms with van der Waals surface area (Å²) in [7, 11) is 2.08. The SMILES string of the molecule is CC(C)c1ccccc1OCCNC(=O)N1CCN(C)CC1. The molecule has 0 aliphatic carbocycles. The highest BCUT2D eigenvalue weighted by molar-refractivity contribution is 5.74. The number of hydrogen-bond donors (Lipinski definition) is 1. The topological polar surface area (TPSA) is 44.8 Å². The molecular formula is C17H27N3O2. The number of amides is 2. The fourth-order valence-electron chi connectivity index (χ4n) is 2.53. The van der Waals surface area contributed by atoms with Crippen molar-refractivity contribution < 1.29 is 9.53 Å². The van der Waals surface area contributed by atoms with E-state index in [4.69, 9.17) is 4.74 Å². The number of nitrogens with zero attached hydrogens (tertiary/aromatic N) is 2. The van der Waals surface area contributed by atoms with Gasteiger partial charge in [0, 0.05) is 26.2 Å². The molecule has 2 amide bonds. The third-order valence-electron chi connectivity index (χ3n) is 3.97. The van der Waals surface area contributed by atoms with Crippen LogP contribution in [0.2, 0.25) is 0 Å². The van der Waals surface area contributed by atoms with E-state index in [0.29, 0.717) is 19.1 Å². The van der Waals surface area contributed by atoms with Crippen molar-refractivity contribution in [3.63, 3.8) is 0 Å². The highest BCUT2D eigenvalue weighted by Crippen LogP contribution is 2.25. The van der Waals surface area contributed by atoms with Crippen LogP contribution in [0.3, 0.4) is 0 Å². The minimum absolute atomic E-state index is 0.00819. The lowest BCUT2D eigenvalue weighted by Crippen LogP contribution is -2.51. The van der Waals surface area contributed by atoms with Crippen molar-refractivity contribution in [3.8, 4) is 5.75 Å². The quantitative estimate of drug-likeness (QED) is 0.848. The summed E-state index contributed by atoms with van der Waals surface area (Å²) in [6, 6.07) is 8.08. The Labute approximate surface area is 133 Å². The Bertz CT molecular complexity index is 483. The van der Waals surface area contributed by atoms with Crippen molar-refractivity contribution in [1.82, 2.24) is 15.1 Å². The second-order valence-corrected chi connectivity index (χ2v) is 6.06. The standard InChI is InChI=1S/C17H27N3O2/c1-14(2)15-6-4-5-7-16(15)22-13-8-18-17(21)20-11-9-19(3)10-12-20/h4-7,14H,8-13H2,1-3H3,(H,18,21). The van der Waals surface area contributed by atoms with Gasteiger partial charge in [-0.3, -0.25) is 0 Å². The molecule has 0 bridgehead atoms. The van der Waals surface area contributed by atoms with Crippen LogP contribution in [0.25, 0.3) is 0 Å². The molecule has 122 valence electrons. The van der Waals surface area contributed by atoms with Gasteiger partial charge in [-0.25, -0.2) is 4.79 Å². The maximum Gasteiger partial charge on any atom is 0.317 e. The van der Waals surface area contributed by atoms with Crippen LogP contribution in [0.4, 0.5) is 4.79 Å². The predicted molar refractivity (Wildman–Crippen MR) is 88.5 cm³/mol. The smallest absolute Gasteiger partial charge is 0.317 e. The number of benzene rings is 1. The molecule has 2 rings (SSSR count). The number of para-hydroxylation sites is 1. The minimum Gasteiger partial charge on any atom is -0.491 e. The molecule has 0 atom stereocenters. The van der Waals surface area contributed by atoms with Gasteiger partial charge in [-0.2, -0.15) is 0 Å². The van der Waals surface area contributed by atoms with Crippen LogP contribution in [0, 0.1) is 0 Å². The zero-order valence-corrected chi connectivity index (χ0v) is 13.8. The van der Waals surface area contributed by atoms with Gasteiger partial charge >= 0.3 is 6.03 Å². The van der Waals surface area contributed by atoms with Crippen LogP contribution < -0.4 is 10.1 Å². The summed E-state index contributed by atoms with van der Waals surface area (Å²) < 4.78 is 5.81. The van der Waals surface area contributed by atoms with E-state index >= 15 is 0 Å². The van der Waals surface area contributed by atoms with Gasteiger partial charge in [0.2, 0.25) is 0 Å². The predicted octanol–water partition coefficient (Wildman–Crippen LogP) is 2.15. The maximum absolute atomic E-state index is 12.0. The largest absolute Gasteiger partial charge is 0.491 e. The van der Waals surface area contributed by atoms with Crippen LogP contribution >= 0.6 is 0 Å². The molecule has 5 heteroatoms. The zero-order chi connectivity index (χ0) is 15.9. The van der Waals surface area contributed by atoms with Crippen LogP contribution in [0.1, 0.15) is 25.3 Å². The van der Waals surface area contributed by atoms with Crippen molar-refractivity contribution in [2.45, 2.75) is 19.8 Å². The molecule has 1 aromatic carbocycles. The molecule has 0 spiro atoms. The van der Waals surface area contributed by atoms with Gasteiger partial charge in [0.1, 0.15) is 12.4 Å². The molecule has 0 saturated carbocycles. The molecule has 0 aromatic heterocycles. The molecule has 1 aliphatic heterocycles. The monoisotopic (exact) mass is 305 g/mol. The Kier molecular flexibility index (Phi) is 6.07. The normalized spacial score (nSPS) is 15.9. The molecule has 1 N–H and O–H groups in total. The number of ether oxygens (including phenoxy) is 1. The Hall–Kier alpha value is -1.75. The summed E-state index contributed by atoms with van der Waals surface area (Å²) in [6.07, 6.45) is 0. The van der Waals surface area contributed by atoms with Gasteiger partial charge in [-0.05, 0) is 24.6 Å². The first-order valence-corrected chi connectivity index (χ1v) is 8.01. The fraction of sp³-hybridized carbons (Fsp3) is 0.588. The maximum atomic E-state index is 12.0. The molecular weight excluding hydrogens is 278 g/mol. The second kappa shape index (κ2) is 8.03. The second-order valence-electron chi connectivity index (χ2n) is 6.06. The zero-order valence-electron chi connectivity index (χ0n) is 13.8. The van der Waals surface area contributed by atoms with Gasteiger partial charge in [0.15, 0.2) is 0 Å². The van der Waals surface area contributed by atoms with Crippen LogP contribution in [0.5, 0.6) is 5.75 Å². The summed E-state index contributed by atoms with van der Waals surface area (Å²) >= 11 is 0. The molecule has 1 aromatic rings. The first-order valence-electron chi connectivity index (χ1n) is 8.01. The highest BCUT2D eigenvalue weighted by atomic mass is 16.5. The molecule has 1 aliphatic rings. The van der Waals surface area contributed by atoms with E-state index < -0.39 is 0 Å². The van der Waals surface area contributed by atoms with Crippen molar-refractivity contribution >= 4 is 6.03 Å². The van der Waals surface area contributed by atoms with Crippen LogP contribution in [0.15, 0.2) is 24.3 Å². The summed E-state index contributed by atoms with van der Waals surface area (Å²) in [6.45, 7) is 8.77. The number of hydrogen-bond acceptors (Lipinski definition) is 3. The number of carbonyl (C=O) groups is 1. The lowest BCUT2D eigenvalue weighted by atomic mass is 10.0. The number of rotatable bonds is 5. The number of piperazine rings is 1. The minimum atomic E-state index is 0.00819. The fourth-order valence-corrected chi connectivity index (χ4v) is 2.53. The summed E-state index contributed by atoms with van der Waals surface area (Å²) in [5.74, 6) is 1.34. The Morgan fingerprint density at radius 3 is 2.59 bits per heavy atom. The first kappa shape index (κ1) is 16.6. The van der Waals surface area contributed by atoms with E-state index in [2.05, 4.69) is 37.2 Å². The third kappa shape index (κ3) is 4.63. The van der Waals surface area contributed by atoms with E-state index in [9.17, 15) is 4.79 Å². The summed E-state index contributed by atoms with van der Waals surface area (Å²) in [4.78, 5) is 16.1. The van der Waals surface area contributed by atoms with Gasteiger partial charge in [-0.1, -0.05) is 32.0 Å². The van der Waals surface area contributed by atoms with Crippen molar-refractivity contribution in [2.75, 3.05) is 46.4 Å². The number of likely N-dealkylation sites (N-methyl/N-ethyl adjacent to an activating group) is 1. The molecule has 0 radical (unpaired) electrons. The van der Waals surface area contributed by atoms with Crippen LogP contribution in [-0.2, 0) is 0 Å². The lowest BCUT2D eigenvalue weighted by Gasteiger charge is -2.32. The molecule has 1 heterocycles. The third-order valence-corrected chi connectivity index (χ3v) is 3.97. The average molecular weight is 305 g/mol. The van der Waals surface area contributed by atoms with E-state index in [1.54, 1.807) is 0 Å². The summed E-state index contributed by atoms with van der Waals surface area (Å²) in [5, 5.41) is 2.93. The van der Waals surface area contributed by atoms with E-state index in [1.165, 1.54) is 5.56 Å². The van der Waals surface area contributed by atoms with Gasteiger partial charge in [0.25, 0.3) is 0 Å². The van der Waals surface area contributed by atoms with E-state index in [1.807, 2.05) is 23.1 Å². The molecule has 22 heavy (non-hydrogen) atoms. The molecule has 0 unspecified atom stereocenters. The molecule has 5 nitrogen and oxygen atoms in total. The lowest BCUT2D eigenvalue weighted by molar-refractivity contribution is 0.153.